The molecule has 4 rings (SSSR count). The Balaban J connectivity index is 1.53. The molecular weight excluding hydrogens is 589 g/mol. The van der Waals surface area contributed by atoms with E-state index in [1.54, 1.807) is 18.2 Å². The number of anilines is 3. The molecule has 6 nitrogen and oxygen atoms in total. The van der Waals surface area contributed by atoms with E-state index in [1.807, 2.05) is 5.32 Å². The molecular formula is C25H16Cl4F3N3O3. The number of alkyl halides is 2. The first kappa shape index (κ1) is 28.0. The zero-order chi connectivity index (χ0) is 27.9. The van der Waals surface area contributed by atoms with E-state index in [1.165, 1.54) is 6.07 Å². The second kappa shape index (κ2) is 10.6. The summed E-state index contributed by atoms with van der Waals surface area (Å²) in [6.45, 7) is 1.11. The number of rotatable bonds is 6. The molecule has 1 fully saturated rings. The van der Waals surface area contributed by atoms with Crippen LogP contribution in [0.15, 0.2) is 48.5 Å². The van der Waals surface area contributed by atoms with Crippen molar-refractivity contribution in [2.75, 3.05) is 16.0 Å². The first-order valence-corrected chi connectivity index (χ1v) is 12.3. The molecule has 1 unspecified atom stereocenters. The van der Waals surface area contributed by atoms with Gasteiger partial charge >= 0.3 is 0 Å². The summed E-state index contributed by atoms with van der Waals surface area (Å²) in [6, 6.07) is 9.56. The van der Waals surface area contributed by atoms with E-state index in [-0.39, 0.29) is 16.4 Å². The van der Waals surface area contributed by atoms with Crippen LogP contribution in [0.1, 0.15) is 28.8 Å². The molecule has 3 aromatic carbocycles. The lowest BCUT2D eigenvalue weighted by atomic mass is 10.1. The van der Waals surface area contributed by atoms with E-state index in [0.717, 1.165) is 31.2 Å². The fraction of sp³-hybridized carbons (Fsp3) is 0.160. The highest BCUT2D eigenvalue weighted by atomic mass is 35.5. The largest absolute Gasteiger partial charge is 0.326 e. The lowest BCUT2D eigenvalue weighted by molar-refractivity contribution is -0.117. The molecule has 2 atom stereocenters. The van der Waals surface area contributed by atoms with Crippen LogP contribution in [-0.2, 0) is 9.59 Å². The maximum absolute atomic E-state index is 14.7. The van der Waals surface area contributed by atoms with Crippen LogP contribution in [0, 0.1) is 23.4 Å². The fourth-order valence-corrected chi connectivity index (χ4v) is 5.04. The summed E-state index contributed by atoms with van der Waals surface area (Å²) in [5.41, 5.74) is -1.33. The van der Waals surface area contributed by atoms with Gasteiger partial charge in [0, 0.05) is 18.5 Å². The zero-order valence-corrected chi connectivity index (χ0v) is 22.2. The summed E-state index contributed by atoms with van der Waals surface area (Å²) in [5.74, 6) is -7.43. The molecule has 0 aromatic heterocycles. The number of benzene rings is 3. The molecule has 1 aliphatic rings. The molecule has 0 heterocycles. The van der Waals surface area contributed by atoms with Crippen LogP contribution in [0.2, 0.25) is 10.0 Å². The minimum Gasteiger partial charge on any atom is -0.326 e. The van der Waals surface area contributed by atoms with Gasteiger partial charge in [-0.15, -0.1) is 23.2 Å². The van der Waals surface area contributed by atoms with Gasteiger partial charge in [-0.25, -0.2) is 13.2 Å². The third-order valence-corrected chi connectivity index (χ3v) is 7.44. The lowest BCUT2D eigenvalue weighted by Gasteiger charge is -2.13. The van der Waals surface area contributed by atoms with Gasteiger partial charge in [0.2, 0.25) is 11.8 Å². The van der Waals surface area contributed by atoms with Crippen molar-refractivity contribution in [3.63, 3.8) is 0 Å². The maximum atomic E-state index is 14.7. The topological polar surface area (TPSA) is 87.3 Å². The number of carbonyl (C=O) groups is 3. The number of hydrogen-bond acceptors (Lipinski definition) is 3. The van der Waals surface area contributed by atoms with Crippen LogP contribution in [-0.4, -0.2) is 22.1 Å². The Kier molecular flexibility index (Phi) is 7.86. The van der Waals surface area contributed by atoms with Gasteiger partial charge in [0.05, 0.1) is 27.2 Å². The molecule has 198 valence electrons. The molecule has 0 radical (unpaired) electrons. The highest BCUT2D eigenvalue weighted by molar-refractivity contribution is 6.53. The molecule has 3 aromatic rings. The van der Waals surface area contributed by atoms with Gasteiger partial charge in [0.15, 0.2) is 5.82 Å². The Morgan fingerprint density at radius 1 is 0.842 bits per heavy atom. The Morgan fingerprint density at radius 3 is 2.18 bits per heavy atom. The van der Waals surface area contributed by atoms with Crippen molar-refractivity contribution in [3.05, 3.63) is 87.2 Å². The number of carbonyl (C=O) groups excluding carboxylic acids is 3. The van der Waals surface area contributed by atoms with Gasteiger partial charge in [-0.3, -0.25) is 14.4 Å². The monoisotopic (exact) mass is 603 g/mol. The van der Waals surface area contributed by atoms with Crippen LogP contribution >= 0.6 is 46.4 Å². The predicted octanol–water partition coefficient (Wildman–Crippen LogP) is 7.15. The summed E-state index contributed by atoms with van der Waals surface area (Å²) in [4.78, 5) is 36.9. The van der Waals surface area contributed by atoms with Gasteiger partial charge in [-0.2, -0.15) is 0 Å². The highest BCUT2D eigenvalue weighted by Gasteiger charge is 2.67. The van der Waals surface area contributed by atoms with Crippen molar-refractivity contribution < 1.29 is 27.6 Å². The van der Waals surface area contributed by atoms with Crippen LogP contribution in [0.5, 0.6) is 0 Å². The summed E-state index contributed by atoms with van der Waals surface area (Å²) in [5, 5.41) is 7.19. The van der Waals surface area contributed by atoms with E-state index >= 15 is 0 Å². The first-order valence-electron chi connectivity index (χ1n) is 10.8. The Labute approximate surface area is 234 Å². The smallest absolute Gasteiger partial charge is 0.258 e. The average molecular weight is 605 g/mol. The third-order valence-electron chi connectivity index (χ3n) is 5.76. The Morgan fingerprint density at radius 2 is 1.53 bits per heavy atom. The second-order valence-corrected chi connectivity index (χ2v) is 10.7. The summed E-state index contributed by atoms with van der Waals surface area (Å²) >= 11 is 24.7. The van der Waals surface area contributed by atoms with E-state index in [2.05, 4.69) is 10.6 Å². The van der Waals surface area contributed by atoms with Crippen molar-refractivity contribution in [1.82, 2.24) is 0 Å². The SMILES string of the molecule is CC(=O)Nc1ccc(F)c(NC(=O)c2cc(NC(=O)C3[C@H](c4ccc(Cl)c(Cl)c4)C3(Cl)Cl)ccc2F)c1F. The van der Waals surface area contributed by atoms with Gasteiger partial charge in [-0.1, -0.05) is 29.3 Å². The number of amides is 3. The first-order chi connectivity index (χ1) is 17.8. The van der Waals surface area contributed by atoms with Crippen molar-refractivity contribution in [2.24, 2.45) is 5.92 Å². The molecule has 0 spiro atoms. The minimum absolute atomic E-state index is 0.00147. The lowest BCUT2D eigenvalue weighted by Crippen LogP contribution is -2.19. The molecule has 0 saturated heterocycles. The number of halogens is 7. The zero-order valence-electron chi connectivity index (χ0n) is 19.1. The van der Waals surface area contributed by atoms with E-state index in [9.17, 15) is 27.6 Å². The van der Waals surface area contributed by atoms with Crippen LogP contribution in [0.4, 0.5) is 30.2 Å². The van der Waals surface area contributed by atoms with Crippen molar-refractivity contribution >= 4 is 81.2 Å². The van der Waals surface area contributed by atoms with E-state index < -0.39 is 62.6 Å². The van der Waals surface area contributed by atoms with Crippen LogP contribution in [0.25, 0.3) is 0 Å². The van der Waals surface area contributed by atoms with E-state index in [0.29, 0.717) is 10.6 Å². The van der Waals surface area contributed by atoms with E-state index in [4.69, 9.17) is 46.4 Å². The Hall–Kier alpha value is -2.98. The van der Waals surface area contributed by atoms with Crippen molar-refractivity contribution in [1.29, 1.82) is 0 Å². The fourth-order valence-electron chi connectivity index (χ4n) is 3.90. The van der Waals surface area contributed by atoms with Crippen molar-refractivity contribution in [2.45, 2.75) is 17.2 Å². The highest BCUT2D eigenvalue weighted by Crippen LogP contribution is 2.65. The maximum Gasteiger partial charge on any atom is 0.258 e. The molecule has 0 bridgehead atoms. The van der Waals surface area contributed by atoms with Crippen LogP contribution < -0.4 is 16.0 Å². The third kappa shape index (κ3) is 5.56. The van der Waals surface area contributed by atoms with Crippen molar-refractivity contribution in [3.8, 4) is 0 Å². The normalized spacial score (nSPS) is 17.5. The molecule has 13 heteroatoms. The molecule has 3 N–H and O–H groups in total. The second-order valence-electron chi connectivity index (χ2n) is 8.41. The number of nitrogens with one attached hydrogen (secondary N) is 3. The Bertz CT molecular complexity index is 1490. The minimum atomic E-state index is -1.46. The van der Waals surface area contributed by atoms with Gasteiger partial charge in [0.25, 0.3) is 5.91 Å². The predicted molar refractivity (Wildman–Crippen MR) is 141 cm³/mol. The molecule has 1 aliphatic carbocycles. The van der Waals surface area contributed by atoms with Gasteiger partial charge in [-0.05, 0) is 48.0 Å². The average Bonchev–Trinajstić information content (AvgIpc) is 3.43. The molecule has 1 saturated carbocycles. The molecule has 3 amide bonds. The quantitative estimate of drug-likeness (QED) is 0.261. The summed E-state index contributed by atoms with van der Waals surface area (Å²) in [7, 11) is 0. The number of hydrogen-bond donors (Lipinski definition) is 3. The standard InChI is InChI=1S/C25H16Cl4F3N3O3/c1-10(36)33-18-7-6-17(31)22(21(18)32)35-23(37)13-9-12(3-5-16(13)30)34-24(38)20-19(25(20,28)29)11-2-4-14(26)15(27)8-11/h2-9,19-20H,1H3,(H,33,36)(H,34,38)(H,35,37)/t19-,20?/m0/s1. The van der Waals surface area contributed by atoms with Gasteiger partial charge in [0.1, 0.15) is 21.7 Å². The summed E-state index contributed by atoms with van der Waals surface area (Å²) < 4.78 is 41.9. The van der Waals surface area contributed by atoms with Crippen LogP contribution in [0.3, 0.4) is 0 Å². The molecule has 0 aliphatic heterocycles. The van der Waals surface area contributed by atoms with Gasteiger partial charge < -0.3 is 16.0 Å². The summed E-state index contributed by atoms with van der Waals surface area (Å²) in [6.07, 6.45) is 0. The molecule has 38 heavy (non-hydrogen) atoms.